The molecule has 0 aromatic heterocycles. The molecule has 8 nitrogen and oxygen atoms in total. The molecule has 0 saturated heterocycles. The third-order valence-electron chi connectivity index (χ3n) is 7.98. The number of aliphatic hydroxyl groups is 1. The van der Waals surface area contributed by atoms with E-state index in [2.05, 4.69) is 16.6 Å². The first-order valence-corrected chi connectivity index (χ1v) is 11.1. The fraction of sp³-hybridized carbons (Fsp3) is 0.480. The number of phenols is 2. The highest BCUT2D eigenvalue weighted by molar-refractivity contribution is 6.01. The average Bonchev–Trinajstić information content (AvgIpc) is 2.78. The zero-order valence-electron chi connectivity index (χ0n) is 18.8. The van der Waals surface area contributed by atoms with E-state index in [-0.39, 0.29) is 41.7 Å². The minimum absolute atomic E-state index is 0.0499. The van der Waals surface area contributed by atoms with Crippen molar-refractivity contribution in [3.05, 3.63) is 42.0 Å². The van der Waals surface area contributed by atoms with Gasteiger partial charge >= 0.3 is 5.97 Å². The summed E-state index contributed by atoms with van der Waals surface area (Å²) in [7, 11) is 1.15. The fourth-order valence-electron chi connectivity index (χ4n) is 6.02. The van der Waals surface area contributed by atoms with Gasteiger partial charge < -0.3 is 25.4 Å². The number of hydrogen-bond donors (Lipinski definition) is 4. The highest BCUT2D eigenvalue weighted by Gasteiger charge is 2.61. The van der Waals surface area contributed by atoms with Crippen LogP contribution < -0.4 is 5.32 Å². The van der Waals surface area contributed by atoms with Gasteiger partial charge in [-0.05, 0) is 55.7 Å². The maximum atomic E-state index is 13.0. The number of nitrogens with one attached hydrogen (secondary N) is 1. The monoisotopic (exact) mass is 455 g/mol. The lowest BCUT2D eigenvalue weighted by molar-refractivity contribution is -0.148. The van der Waals surface area contributed by atoms with E-state index in [1.54, 1.807) is 0 Å². The van der Waals surface area contributed by atoms with Gasteiger partial charge in [-0.1, -0.05) is 25.2 Å². The second-order valence-corrected chi connectivity index (χ2v) is 9.69. The molecule has 1 aromatic carbocycles. The molecule has 33 heavy (non-hydrogen) atoms. The summed E-state index contributed by atoms with van der Waals surface area (Å²) in [4.78, 5) is 37.6. The summed E-state index contributed by atoms with van der Waals surface area (Å²) in [6.07, 6.45) is 5.03. The Morgan fingerprint density at radius 1 is 1.27 bits per heavy atom. The summed E-state index contributed by atoms with van der Waals surface area (Å²) >= 11 is 0. The molecule has 3 fully saturated rings. The number of fused-ring (bicyclic) bond motifs is 2. The van der Waals surface area contributed by atoms with E-state index in [1.165, 1.54) is 18.2 Å². The second-order valence-electron chi connectivity index (χ2n) is 9.69. The smallest absolute Gasteiger partial charge is 0.341 e. The molecular weight excluding hydrogens is 426 g/mol. The van der Waals surface area contributed by atoms with Gasteiger partial charge in [0.15, 0.2) is 11.5 Å². The molecule has 8 heteroatoms. The van der Waals surface area contributed by atoms with E-state index in [9.17, 15) is 29.7 Å². The molecule has 4 aliphatic carbocycles. The summed E-state index contributed by atoms with van der Waals surface area (Å²) < 4.78 is 4.60. The van der Waals surface area contributed by atoms with Crippen molar-refractivity contribution in [2.24, 2.45) is 22.7 Å². The van der Waals surface area contributed by atoms with Crippen LogP contribution in [0.15, 0.2) is 36.4 Å². The number of benzene rings is 1. The molecule has 0 radical (unpaired) electrons. The number of methoxy groups -OCH3 is 1. The van der Waals surface area contributed by atoms with Crippen molar-refractivity contribution in [1.82, 2.24) is 0 Å². The molecule has 3 saturated carbocycles. The topological polar surface area (TPSA) is 133 Å². The number of carbonyl (C=O) groups excluding carboxylic acids is 3. The SMILES string of the molecule is C=C1C[C@@]23C=CC(=O)[C@@](C)(CCC(=O)Nc4c(O)ccc(C(=O)OC)c4O)[C@H]2C[C@@H]1C[C@H]3O. The molecular formula is C25H29NO7. The van der Waals surface area contributed by atoms with Crippen LogP contribution in [0.5, 0.6) is 11.5 Å². The van der Waals surface area contributed by atoms with Crippen molar-refractivity contribution in [1.29, 1.82) is 0 Å². The number of anilines is 1. The third-order valence-corrected chi connectivity index (χ3v) is 7.98. The standard InChI is InChI=1S/C25H29NO7/c1-13-12-25-9-6-18(28)24(2,17(25)10-14(13)11-19(25)29)8-7-20(30)26-21-16(27)5-4-15(22(21)31)23(32)33-3/h4-6,9,14,17,19,27,29,31H,1,7-8,10-12H2,2-3H3,(H,26,30)/t14-,17-,19-,24+,25+/m1/s1. The maximum absolute atomic E-state index is 13.0. The number of rotatable bonds is 5. The van der Waals surface area contributed by atoms with Crippen LogP contribution in [0, 0.1) is 22.7 Å². The average molecular weight is 456 g/mol. The van der Waals surface area contributed by atoms with Crippen molar-refractivity contribution in [2.75, 3.05) is 12.4 Å². The first-order valence-electron chi connectivity index (χ1n) is 11.1. The molecule has 176 valence electrons. The van der Waals surface area contributed by atoms with Gasteiger partial charge in [-0.3, -0.25) is 9.59 Å². The minimum Gasteiger partial charge on any atom is -0.506 e. The van der Waals surface area contributed by atoms with Crippen LogP contribution in [0.1, 0.15) is 49.4 Å². The minimum atomic E-state index is -0.843. The molecule has 5 atom stereocenters. The van der Waals surface area contributed by atoms with E-state index in [4.69, 9.17) is 0 Å². The lowest BCUT2D eigenvalue weighted by Gasteiger charge is -2.61. The normalized spacial score (nSPS) is 32.4. The number of phenolic OH excluding ortho intramolecular Hbond substituents is 2. The van der Waals surface area contributed by atoms with E-state index < -0.39 is 40.3 Å². The Morgan fingerprint density at radius 2 is 2.00 bits per heavy atom. The van der Waals surface area contributed by atoms with Gasteiger partial charge in [-0.15, -0.1) is 0 Å². The predicted octanol–water partition coefficient (Wildman–Crippen LogP) is 3.08. The summed E-state index contributed by atoms with van der Waals surface area (Å²) in [6.45, 7) is 6.02. The fourth-order valence-corrected chi connectivity index (χ4v) is 6.02. The molecule has 1 spiro atoms. The molecule has 2 bridgehead atoms. The van der Waals surface area contributed by atoms with Gasteiger partial charge in [0.25, 0.3) is 0 Å². The number of esters is 1. The van der Waals surface area contributed by atoms with Crippen molar-refractivity contribution in [3.8, 4) is 11.5 Å². The van der Waals surface area contributed by atoms with Crippen LogP contribution in [0.2, 0.25) is 0 Å². The molecule has 5 rings (SSSR count). The maximum Gasteiger partial charge on any atom is 0.341 e. The number of carbonyl (C=O) groups is 3. The lowest BCUT2D eigenvalue weighted by Crippen LogP contribution is -2.59. The lowest BCUT2D eigenvalue weighted by atomic mass is 9.43. The predicted molar refractivity (Wildman–Crippen MR) is 120 cm³/mol. The number of aliphatic hydroxyl groups excluding tert-OH is 1. The van der Waals surface area contributed by atoms with E-state index in [0.29, 0.717) is 12.8 Å². The molecule has 4 N–H and O–H groups in total. The van der Waals surface area contributed by atoms with Crippen LogP contribution in [0.3, 0.4) is 0 Å². The molecule has 0 unspecified atom stereocenters. The molecule has 0 aliphatic heterocycles. The largest absolute Gasteiger partial charge is 0.506 e. The number of ketones is 1. The highest BCUT2D eigenvalue weighted by atomic mass is 16.5. The first kappa shape index (κ1) is 23.0. The Bertz CT molecular complexity index is 1080. The number of ether oxygens (including phenoxy) is 1. The summed E-state index contributed by atoms with van der Waals surface area (Å²) in [5.74, 6) is -2.35. The number of amides is 1. The van der Waals surface area contributed by atoms with Crippen LogP contribution in [0.4, 0.5) is 5.69 Å². The zero-order valence-corrected chi connectivity index (χ0v) is 18.8. The Labute approximate surface area is 191 Å². The van der Waals surface area contributed by atoms with Crippen molar-refractivity contribution in [3.63, 3.8) is 0 Å². The van der Waals surface area contributed by atoms with E-state index >= 15 is 0 Å². The van der Waals surface area contributed by atoms with Crippen LogP contribution in [0.25, 0.3) is 0 Å². The van der Waals surface area contributed by atoms with Crippen LogP contribution in [-0.2, 0) is 14.3 Å². The van der Waals surface area contributed by atoms with Crippen molar-refractivity contribution >= 4 is 23.3 Å². The molecule has 1 amide bonds. The molecule has 4 aliphatic rings. The van der Waals surface area contributed by atoms with Gasteiger partial charge in [-0.2, -0.15) is 0 Å². The highest BCUT2D eigenvalue weighted by Crippen LogP contribution is 2.64. The second kappa shape index (κ2) is 8.02. The quantitative estimate of drug-likeness (QED) is 0.305. The van der Waals surface area contributed by atoms with Gasteiger partial charge in [0, 0.05) is 17.3 Å². The summed E-state index contributed by atoms with van der Waals surface area (Å²) in [5, 5.41) is 33.7. The first-order chi connectivity index (χ1) is 15.5. The van der Waals surface area contributed by atoms with Gasteiger partial charge in [0.05, 0.1) is 13.2 Å². The van der Waals surface area contributed by atoms with Gasteiger partial charge in [0.1, 0.15) is 17.0 Å². The zero-order chi connectivity index (χ0) is 24.1. The van der Waals surface area contributed by atoms with Crippen LogP contribution in [-0.4, -0.2) is 46.2 Å². The summed E-state index contributed by atoms with van der Waals surface area (Å²) in [5.41, 5.74) is -0.768. The van der Waals surface area contributed by atoms with E-state index in [0.717, 1.165) is 19.1 Å². The number of aromatic hydroxyl groups is 2. The molecule has 0 heterocycles. The summed E-state index contributed by atoms with van der Waals surface area (Å²) in [6, 6.07) is 2.37. The number of allylic oxidation sites excluding steroid dienone is 2. The van der Waals surface area contributed by atoms with Gasteiger partial charge in [0.2, 0.25) is 5.91 Å². The number of hydrogen-bond acceptors (Lipinski definition) is 7. The van der Waals surface area contributed by atoms with Crippen molar-refractivity contribution < 1.29 is 34.4 Å². The Morgan fingerprint density at radius 3 is 2.70 bits per heavy atom. The van der Waals surface area contributed by atoms with E-state index in [1.807, 2.05) is 13.0 Å². The molecule has 1 aromatic rings. The third kappa shape index (κ3) is 3.53. The van der Waals surface area contributed by atoms with Gasteiger partial charge in [-0.25, -0.2) is 4.79 Å². The Kier molecular flexibility index (Phi) is 5.60. The Hall–Kier alpha value is -3.13. The Balaban J connectivity index is 1.53. The van der Waals surface area contributed by atoms with Crippen molar-refractivity contribution in [2.45, 2.75) is 45.1 Å². The van der Waals surface area contributed by atoms with Crippen LogP contribution >= 0.6 is 0 Å².